The van der Waals surface area contributed by atoms with E-state index in [1.165, 1.54) is 24.3 Å². The van der Waals surface area contributed by atoms with Gasteiger partial charge in [-0.2, -0.15) is 13.2 Å². The van der Waals surface area contributed by atoms with Gasteiger partial charge in [0.2, 0.25) is 0 Å². The Kier molecular flexibility index (Phi) is 10.6. The summed E-state index contributed by atoms with van der Waals surface area (Å²) >= 11 is 22.6. The summed E-state index contributed by atoms with van der Waals surface area (Å²) < 4.78 is 48.1. The minimum absolute atomic E-state index is 0.0246. The van der Waals surface area contributed by atoms with E-state index in [2.05, 4.69) is 4.98 Å². The zero-order chi connectivity index (χ0) is 28.8. The van der Waals surface area contributed by atoms with Gasteiger partial charge in [-0.3, -0.25) is 0 Å². The Morgan fingerprint density at radius 3 is 2.05 bits per heavy atom. The number of aliphatic carboxylic acids is 1. The molecule has 0 radical (unpaired) electrons. The fourth-order valence-corrected chi connectivity index (χ4v) is 3.20. The van der Waals surface area contributed by atoms with Gasteiger partial charge in [0.1, 0.15) is 16.7 Å². The van der Waals surface area contributed by atoms with Gasteiger partial charge >= 0.3 is 24.1 Å². The van der Waals surface area contributed by atoms with Crippen molar-refractivity contribution in [2.75, 3.05) is 0 Å². The van der Waals surface area contributed by atoms with Gasteiger partial charge in [-0.25, -0.2) is 19.4 Å². The van der Waals surface area contributed by atoms with E-state index in [9.17, 15) is 27.6 Å². The molecule has 2 aromatic carbocycles. The van der Waals surface area contributed by atoms with Crippen molar-refractivity contribution in [2.45, 2.75) is 19.2 Å². The van der Waals surface area contributed by atoms with Crippen LogP contribution in [0.15, 0.2) is 48.5 Å². The number of pyridine rings is 1. The molecule has 0 aliphatic carbocycles. The Balaban J connectivity index is 0.000000384. The summed E-state index contributed by atoms with van der Waals surface area (Å²) in [6.07, 6.45) is -5.96. The third kappa shape index (κ3) is 8.66. The molecule has 0 saturated heterocycles. The topological polar surface area (TPSA) is 123 Å². The highest BCUT2D eigenvalue weighted by Gasteiger charge is 2.31. The van der Waals surface area contributed by atoms with Crippen molar-refractivity contribution < 1.29 is 47.2 Å². The van der Waals surface area contributed by atoms with Crippen LogP contribution in [0, 0.1) is 0 Å². The maximum atomic E-state index is 12.7. The number of carboxylic acids is 2. The summed E-state index contributed by atoms with van der Waals surface area (Å²) in [4.78, 5) is 36.7. The Morgan fingerprint density at radius 1 is 0.895 bits per heavy atom. The molecule has 0 saturated carbocycles. The molecule has 0 amide bonds. The highest BCUT2D eigenvalue weighted by molar-refractivity contribution is 6.34. The van der Waals surface area contributed by atoms with Gasteiger partial charge in [-0.15, -0.1) is 0 Å². The van der Waals surface area contributed by atoms with Crippen LogP contribution in [0.4, 0.5) is 13.2 Å². The van der Waals surface area contributed by atoms with Gasteiger partial charge in [0, 0.05) is 0 Å². The lowest BCUT2D eigenvalue weighted by atomic mass is 10.2. The SMILES string of the molecule is C[C@H](OC(=O)c1cc(Oc2ccc(C(F)(F)F)cc2Cl)ccc1Cl)C(=O)O.O=C(O)c1nc(Cl)ccc1Cl. The van der Waals surface area contributed by atoms with Crippen molar-refractivity contribution in [3.8, 4) is 11.5 Å². The number of benzene rings is 2. The number of hydrogen-bond donors (Lipinski definition) is 2. The number of alkyl halides is 3. The molecule has 0 bridgehead atoms. The first kappa shape index (κ1) is 31.0. The van der Waals surface area contributed by atoms with E-state index in [1.54, 1.807) is 0 Å². The first-order chi connectivity index (χ1) is 17.6. The van der Waals surface area contributed by atoms with Gasteiger partial charge in [0.05, 0.1) is 26.2 Å². The summed E-state index contributed by atoms with van der Waals surface area (Å²) in [5.41, 5.74) is -1.34. The third-order valence-electron chi connectivity index (χ3n) is 4.29. The number of nitrogens with zero attached hydrogens (tertiary/aromatic N) is 1. The number of halogens is 7. The highest BCUT2D eigenvalue weighted by atomic mass is 35.5. The van der Waals surface area contributed by atoms with Crippen molar-refractivity contribution in [1.29, 1.82) is 0 Å². The number of hydrogen-bond acceptors (Lipinski definition) is 6. The van der Waals surface area contributed by atoms with Gasteiger partial charge in [-0.05, 0) is 55.5 Å². The molecule has 0 aliphatic heterocycles. The van der Waals surface area contributed by atoms with E-state index in [4.69, 9.17) is 66.1 Å². The van der Waals surface area contributed by atoms with Crippen LogP contribution in [-0.4, -0.2) is 39.2 Å². The second-order valence-corrected chi connectivity index (χ2v) is 8.65. The molecule has 8 nitrogen and oxygen atoms in total. The zero-order valence-electron chi connectivity index (χ0n) is 18.7. The number of aromatic nitrogens is 1. The number of rotatable bonds is 6. The number of ether oxygens (including phenoxy) is 2. The standard InChI is InChI=1S/C17H11Cl2F3O5.C6H3Cl2NO2/c1-8(15(23)24)26-16(25)11-7-10(3-4-12(11)18)27-14-5-2-9(6-13(14)19)17(20,21)22;7-3-1-2-4(8)9-5(3)6(10)11/h2-8H,1H3,(H,23,24);1-2H,(H,10,11)/t8-;/m0./s1. The van der Waals surface area contributed by atoms with Crippen LogP contribution in [0.5, 0.6) is 11.5 Å². The molecule has 0 spiro atoms. The maximum Gasteiger partial charge on any atom is 0.416 e. The quantitative estimate of drug-likeness (QED) is 0.216. The van der Waals surface area contributed by atoms with Crippen LogP contribution in [0.25, 0.3) is 0 Å². The first-order valence-electron chi connectivity index (χ1n) is 9.93. The average molecular weight is 615 g/mol. The molecule has 1 atom stereocenters. The summed E-state index contributed by atoms with van der Waals surface area (Å²) in [7, 11) is 0. The second-order valence-electron chi connectivity index (χ2n) is 7.04. The molecular formula is C23H14Cl4F3NO7. The van der Waals surface area contributed by atoms with E-state index < -0.39 is 35.8 Å². The fourth-order valence-electron chi connectivity index (χ4n) is 2.45. The molecule has 1 heterocycles. The largest absolute Gasteiger partial charge is 0.479 e. The number of aromatic carboxylic acids is 1. The summed E-state index contributed by atoms with van der Waals surface area (Å²) in [5.74, 6) is -3.57. The molecule has 0 fully saturated rings. The van der Waals surface area contributed by atoms with Gasteiger partial charge in [-0.1, -0.05) is 46.4 Å². The number of carboxylic acid groups (broad SMARTS) is 2. The molecular weight excluding hydrogens is 601 g/mol. The summed E-state index contributed by atoms with van der Waals surface area (Å²) in [5, 5.41) is 17.2. The molecule has 2 N–H and O–H groups in total. The van der Waals surface area contributed by atoms with Crippen molar-refractivity contribution in [3.05, 3.63) is 85.6 Å². The molecule has 15 heteroatoms. The van der Waals surface area contributed by atoms with Crippen LogP contribution in [0.3, 0.4) is 0 Å². The predicted octanol–water partition coefficient (Wildman–Crippen LogP) is 7.52. The monoisotopic (exact) mass is 613 g/mol. The van der Waals surface area contributed by atoms with Crippen molar-refractivity contribution in [2.24, 2.45) is 0 Å². The molecule has 0 aliphatic rings. The second kappa shape index (κ2) is 13.0. The Morgan fingerprint density at radius 2 is 1.53 bits per heavy atom. The lowest BCUT2D eigenvalue weighted by Crippen LogP contribution is -2.23. The Labute approximate surface area is 232 Å². The van der Waals surface area contributed by atoms with E-state index in [-0.39, 0.29) is 43.0 Å². The van der Waals surface area contributed by atoms with Crippen molar-refractivity contribution in [1.82, 2.24) is 4.98 Å². The number of esters is 1. The van der Waals surface area contributed by atoms with Gasteiger partial charge in [0.25, 0.3) is 0 Å². The van der Waals surface area contributed by atoms with Gasteiger partial charge < -0.3 is 19.7 Å². The third-order valence-corrected chi connectivity index (χ3v) is 5.43. The zero-order valence-corrected chi connectivity index (χ0v) is 21.7. The van der Waals surface area contributed by atoms with E-state index in [0.717, 1.165) is 25.1 Å². The fraction of sp³-hybridized carbons (Fsp3) is 0.130. The van der Waals surface area contributed by atoms with Crippen molar-refractivity contribution in [3.63, 3.8) is 0 Å². The van der Waals surface area contributed by atoms with Crippen LogP contribution in [0.1, 0.15) is 33.3 Å². The van der Waals surface area contributed by atoms with Gasteiger partial charge in [0.15, 0.2) is 11.8 Å². The van der Waals surface area contributed by atoms with E-state index in [1.807, 2.05) is 0 Å². The van der Waals surface area contributed by atoms with Crippen LogP contribution in [-0.2, 0) is 15.7 Å². The minimum atomic E-state index is -4.56. The predicted molar refractivity (Wildman–Crippen MR) is 132 cm³/mol. The first-order valence-corrected chi connectivity index (χ1v) is 11.4. The van der Waals surface area contributed by atoms with E-state index in [0.29, 0.717) is 6.07 Å². The minimum Gasteiger partial charge on any atom is -0.479 e. The van der Waals surface area contributed by atoms with Crippen LogP contribution >= 0.6 is 46.4 Å². The van der Waals surface area contributed by atoms with E-state index >= 15 is 0 Å². The lowest BCUT2D eigenvalue weighted by molar-refractivity contribution is -0.146. The summed E-state index contributed by atoms with van der Waals surface area (Å²) in [6.45, 7) is 1.16. The smallest absolute Gasteiger partial charge is 0.416 e. The molecule has 3 rings (SSSR count). The molecule has 202 valence electrons. The lowest BCUT2D eigenvalue weighted by Gasteiger charge is -2.13. The molecule has 1 aromatic heterocycles. The molecule has 3 aromatic rings. The maximum absolute atomic E-state index is 12.7. The highest BCUT2D eigenvalue weighted by Crippen LogP contribution is 2.37. The normalized spacial score (nSPS) is 11.6. The molecule has 0 unspecified atom stereocenters. The van der Waals surface area contributed by atoms with Crippen molar-refractivity contribution >= 4 is 64.3 Å². The van der Waals surface area contributed by atoms with Crippen LogP contribution in [0.2, 0.25) is 20.2 Å². The van der Waals surface area contributed by atoms with Crippen LogP contribution < -0.4 is 4.74 Å². The summed E-state index contributed by atoms with van der Waals surface area (Å²) in [6, 6.07) is 9.15. The number of carbonyl (C=O) groups is 3. The average Bonchev–Trinajstić information content (AvgIpc) is 2.82. The number of carbonyl (C=O) groups excluding carboxylic acids is 1. The Hall–Kier alpha value is -3.25. The Bertz CT molecular complexity index is 1370. The molecule has 38 heavy (non-hydrogen) atoms.